The number of benzene rings is 2. The Morgan fingerprint density at radius 3 is 1.83 bits per heavy atom. The van der Waals surface area contributed by atoms with Crippen molar-refractivity contribution in [3.05, 3.63) is 48.5 Å². The molecule has 0 bridgehead atoms. The first kappa shape index (κ1) is 16.7. The van der Waals surface area contributed by atoms with Crippen LogP contribution in [0.3, 0.4) is 0 Å². The summed E-state index contributed by atoms with van der Waals surface area (Å²) in [6, 6.07) is 18.1. The van der Waals surface area contributed by atoms with Gasteiger partial charge in [0, 0.05) is 19.8 Å². The molecule has 0 atom stereocenters. The number of nitriles is 2. The minimum atomic E-state index is -0.236. The molecule has 0 saturated heterocycles. The van der Waals surface area contributed by atoms with E-state index in [1.807, 2.05) is 43.3 Å². The third-order valence-corrected chi connectivity index (χ3v) is 3.02. The second-order valence-electron chi connectivity index (χ2n) is 4.95. The number of nitrogens with zero attached hydrogens (tertiary/aromatic N) is 6. The fourth-order valence-electron chi connectivity index (χ4n) is 1.73. The van der Waals surface area contributed by atoms with Crippen molar-refractivity contribution in [2.75, 3.05) is 24.4 Å². The van der Waals surface area contributed by atoms with E-state index in [1.165, 1.54) is 0 Å². The summed E-state index contributed by atoms with van der Waals surface area (Å²) in [6.45, 7) is 0. The van der Waals surface area contributed by atoms with Gasteiger partial charge in [0.05, 0.1) is 17.1 Å². The van der Waals surface area contributed by atoms with Gasteiger partial charge in [0.2, 0.25) is 5.71 Å². The van der Waals surface area contributed by atoms with Crippen LogP contribution in [0.25, 0.3) is 0 Å². The van der Waals surface area contributed by atoms with Crippen LogP contribution >= 0.6 is 0 Å². The lowest BCUT2D eigenvalue weighted by Gasteiger charge is -2.11. The highest BCUT2D eigenvalue weighted by atomic mass is 15.3. The molecule has 0 amide bonds. The van der Waals surface area contributed by atoms with Crippen molar-refractivity contribution in [1.29, 1.82) is 10.5 Å². The Morgan fingerprint density at radius 1 is 0.875 bits per heavy atom. The fourth-order valence-corrected chi connectivity index (χ4v) is 1.73. The molecule has 1 N–H and O–H groups in total. The Kier molecular flexibility index (Phi) is 5.60. The summed E-state index contributed by atoms with van der Waals surface area (Å²) in [5.74, 6) is 0. The molecular formula is C17H15N7. The minimum absolute atomic E-state index is 0.236. The molecule has 2 aromatic carbocycles. The highest BCUT2D eigenvalue weighted by molar-refractivity contribution is 6.10. The second kappa shape index (κ2) is 8.06. The topological polar surface area (TPSA) is 99.9 Å². The SMILES string of the molecule is CN(C)c1ccc(N=Nc2ccc(NN=C(C#N)C#N)cc2)cc1. The second-order valence-corrected chi connectivity index (χ2v) is 4.95. The van der Waals surface area contributed by atoms with E-state index in [0.29, 0.717) is 11.4 Å². The third kappa shape index (κ3) is 4.65. The van der Waals surface area contributed by atoms with E-state index in [1.54, 1.807) is 36.4 Å². The molecular weight excluding hydrogens is 302 g/mol. The largest absolute Gasteiger partial charge is 0.378 e. The average molecular weight is 317 g/mol. The van der Waals surface area contributed by atoms with Gasteiger partial charge in [-0.25, -0.2) is 0 Å². The van der Waals surface area contributed by atoms with Crippen molar-refractivity contribution in [2.45, 2.75) is 0 Å². The number of hydrogen-bond donors (Lipinski definition) is 1. The summed E-state index contributed by atoms with van der Waals surface area (Å²) < 4.78 is 0. The molecule has 7 nitrogen and oxygen atoms in total. The van der Waals surface area contributed by atoms with Crippen LogP contribution in [0, 0.1) is 22.7 Å². The lowest BCUT2D eigenvalue weighted by Crippen LogP contribution is -2.07. The summed E-state index contributed by atoms with van der Waals surface area (Å²) in [5, 5.41) is 29.2. The fraction of sp³-hybridized carbons (Fsp3) is 0.118. The van der Waals surface area contributed by atoms with Crippen LogP contribution in [-0.4, -0.2) is 19.8 Å². The van der Waals surface area contributed by atoms with E-state index in [0.717, 1.165) is 11.4 Å². The van der Waals surface area contributed by atoms with Crippen molar-refractivity contribution in [3.63, 3.8) is 0 Å². The molecule has 0 unspecified atom stereocenters. The van der Waals surface area contributed by atoms with E-state index in [9.17, 15) is 0 Å². The molecule has 0 saturated carbocycles. The van der Waals surface area contributed by atoms with Gasteiger partial charge >= 0.3 is 0 Å². The highest BCUT2D eigenvalue weighted by Crippen LogP contribution is 2.22. The van der Waals surface area contributed by atoms with Crippen molar-refractivity contribution in [1.82, 2.24) is 0 Å². The zero-order valence-electron chi connectivity index (χ0n) is 13.3. The van der Waals surface area contributed by atoms with Gasteiger partial charge in [-0.2, -0.15) is 25.9 Å². The molecule has 2 aromatic rings. The quantitative estimate of drug-likeness (QED) is 0.512. The van der Waals surface area contributed by atoms with Crippen molar-refractivity contribution in [3.8, 4) is 12.1 Å². The highest BCUT2D eigenvalue weighted by Gasteiger charge is 1.97. The molecule has 7 heteroatoms. The molecule has 0 aromatic heterocycles. The zero-order chi connectivity index (χ0) is 17.4. The van der Waals surface area contributed by atoms with Gasteiger partial charge in [-0.3, -0.25) is 5.43 Å². The predicted molar refractivity (Wildman–Crippen MR) is 93.7 cm³/mol. The van der Waals surface area contributed by atoms with E-state index in [-0.39, 0.29) is 5.71 Å². The van der Waals surface area contributed by atoms with Gasteiger partial charge in [0.25, 0.3) is 0 Å². The molecule has 0 heterocycles. The van der Waals surface area contributed by atoms with Gasteiger partial charge in [-0.15, -0.1) is 0 Å². The summed E-state index contributed by atoms with van der Waals surface area (Å²) >= 11 is 0. The smallest absolute Gasteiger partial charge is 0.237 e. The van der Waals surface area contributed by atoms with E-state index in [4.69, 9.17) is 10.5 Å². The molecule has 2 rings (SSSR count). The monoisotopic (exact) mass is 317 g/mol. The van der Waals surface area contributed by atoms with Crippen LogP contribution in [0.5, 0.6) is 0 Å². The standard InChI is InChI=1S/C17H15N7/c1-24(2)17-9-7-15(8-10-17)21-20-13-3-5-14(6-4-13)22-23-16(11-18)12-19/h3-10,22H,1-2H3. The molecule has 0 fully saturated rings. The number of rotatable bonds is 5. The van der Waals surface area contributed by atoms with Crippen LogP contribution in [0.15, 0.2) is 63.9 Å². The summed E-state index contributed by atoms with van der Waals surface area (Å²) in [6.07, 6.45) is 0. The number of azo groups is 1. The maximum atomic E-state index is 8.60. The Labute approximate surface area is 140 Å². The molecule has 0 aliphatic rings. The first-order valence-electron chi connectivity index (χ1n) is 7.05. The maximum Gasteiger partial charge on any atom is 0.237 e. The van der Waals surface area contributed by atoms with Crippen LogP contribution in [0.1, 0.15) is 0 Å². The van der Waals surface area contributed by atoms with Gasteiger partial charge in [0.1, 0.15) is 12.1 Å². The van der Waals surface area contributed by atoms with Crippen molar-refractivity contribution >= 4 is 28.5 Å². The summed E-state index contributed by atoms with van der Waals surface area (Å²) in [7, 11) is 3.96. The molecule has 0 spiro atoms. The van der Waals surface area contributed by atoms with Crippen molar-refractivity contribution < 1.29 is 0 Å². The van der Waals surface area contributed by atoms with Gasteiger partial charge < -0.3 is 4.90 Å². The molecule has 0 aliphatic heterocycles. The molecule has 0 radical (unpaired) electrons. The lowest BCUT2D eigenvalue weighted by atomic mass is 10.3. The van der Waals surface area contributed by atoms with Crippen LogP contribution < -0.4 is 10.3 Å². The summed E-state index contributed by atoms with van der Waals surface area (Å²) in [4.78, 5) is 2.01. The molecule has 24 heavy (non-hydrogen) atoms. The Hall–Kier alpha value is -3.71. The Morgan fingerprint density at radius 2 is 1.38 bits per heavy atom. The van der Waals surface area contributed by atoms with E-state index < -0.39 is 0 Å². The average Bonchev–Trinajstić information content (AvgIpc) is 2.62. The normalized spacial score (nSPS) is 9.83. The van der Waals surface area contributed by atoms with Crippen molar-refractivity contribution in [2.24, 2.45) is 15.3 Å². The zero-order valence-corrected chi connectivity index (χ0v) is 13.3. The van der Waals surface area contributed by atoms with E-state index >= 15 is 0 Å². The molecule has 118 valence electrons. The first-order valence-corrected chi connectivity index (χ1v) is 7.05. The maximum absolute atomic E-state index is 8.60. The number of hydrogen-bond acceptors (Lipinski definition) is 7. The predicted octanol–water partition coefficient (Wildman–Crippen LogP) is 3.98. The van der Waals surface area contributed by atoms with E-state index in [2.05, 4.69) is 20.8 Å². The third-order valence-electron chi connectivity index (χ3n) is 3.02. The minimum Gasteiger partial charge on any atom is -0.378 e. The van der Waals surface area contributed by atoms with Crippen LogP contribution in [0.4, 0.5) is 22.7 Å². The summed E-state index contributed by atoms with van der Waals surface area (Å²) in [5.41, 5.74) is 5.58. The number of hydrazone groups is 1. The first-order chi connectivity index (χ1) is 11.6. The van der Waals surface area contributed by atoms with Gasteiger partial charge in [-0.05, 0) is 48.5 Å². The Balaban J connectivity index is 2.02. The van der Waals surface area contributed by atoms with Crippen LogP contribution in [0.2, 0.25) is 0 Å². The number of nitrogens with one attached hydrogen (secondary N) is 1. The lowest BCUT2D eigenvalue weighted by molar-refractivity contribution is 1.13. The van der Waals surface area contributed by atoms with Crippen LogP contribution in [-0.2, 0) is 0 Å². The Bertz CT molecular complexity index is 803. The van der Waals surface area contributed by atoms with Gasteiger partial charge in [0.15, 0.2) is 0 Å². The molecule has 0 aliphatic carbocycles. The number of anilines is 2. The van der Waals surface area contributed by atoms with Gasteiger partial charge in [-0.1, -0.05) is 0 Å².